The highest BCUT2D eigenvalue weighted by atomic mass is 16.2. The van der Waals surface area contributed by atoms with Crippen LogP contribution in [-0.2, 0) is 4.79 Å². The summed E-state index contributed by atoms with van der Waals surface area (Å²) in [5, 5.41) is 5.77. The van der Waals surface area contributed by atoms with Crippen LogP contribution >= 0.6 is 0 Å². The summed E-state index contributed by atoms with van der Waals surface area (Å²) in [6.45, 7) is 9.00. The number of carbonyl (C=O) groups excluding carboxylic acids is 2. The van der Waals surface area contributed by atoms with Gasteiger partial charge in [0.1, 0.15) is 0 Å². The van der Waals surface area contributed by atoms with Crippen LogP contribution in [0.3, 0.4) is 0 Å². The molecule has 0 aliphatic heterocycles. The number of amides is 3. The summed E-state index contributed by atoms with van der Waals surface area (Å²) >= 11 is 0. The molecule has 4 N–H and O–H groups in total. The summed E-state index contributed by atoms with van der Waals surface area (Å²) in [4.78, 5) is 23.0. The molecular weight excluding hydrogens is 266 g/mol. The minimum atomic E-state index is -0.492. The van der Waals surface area contributed by atoms with Crippen LogP contribution in [0.1, 0.15) is 66.2 Å². The fourth-order valence-electron chi connectivity index (χ4n) is 2.58. The first-order valence-electron chi connectivity index (χ1n) is 8.25. The number of rotatable bonds is 11. The zero-order chi connectivity index (χ0) is 16.3. The van der Waals surface area contributed by atoms with Crippen molar-refractivity contribution in [1.82, 2.24) is 10.6 Å². The van der Waals surface area contributed by atoms with Crippen molar-refractivity contribution < 1.29 is 9.59 Å². The van der Waals surface area contributed by atoms with Gasteiger partial charge in [0, 0.05) is 18.5 Å². The van der Waals surface area contributed by atoms with Gasteiger partial charge in [-0.05, 0) is 31.6 Å². The molecular formula is C16H33N3O2. The highest BCUT2D eigenvalue weighted by Crippen LogP contribution is 2.18. The van der Waals surface area contributed by atoms with Crippen LogP contribution in [0.5, 0.6) is 0 Å². The Labute approximate surface area is 129 Å². The first-order valence-corrected chi connectivity index (χ1v) is 8.25. The van der Waals surface area contributed by atoms with Crippen molar-refractivity contribution in [3.8, 4) is 0 Å². The van der Waals surface area contributed by atoms with Gasteiger partial charge >= 0.3 is 6.03 Å². The number of primary amides is 1. The number of carbonyl (C=O) groups is 2. The molecule has 0 saturated heterocycles. The van der Waals surface area contributed by atoms with E-state index in [0.717, 1.165) is 38.5 Å². The fraction of sp³-hybridized carbons (Fsp3) is 0.875. The topological polar surface area (TPSA) is 84.2 Å². The average Bonchev–Trinajstić information content (AvgIpc) is 2.40. The molecule has 0 aromatic rings. The lowest BCUT2D eigenvalue weighted by atomic mass is 9.90. The molecule has 0 unspecified atom stereocenters. The van der Waals surface area contributed by atoms with Crippen LogP contribution < -0.4 is 16.4 Å². The van der Waals surface area contributed by atoms with E-state index in [4.69, 9.17) is 5.73 Å². The molecule has 0 heterocycles. The second-order valence-electron chi connectivity index (χ2n) is 6.07. The van der Waals surface area contributed by atoms with Crippen LogP contribution in [0.15, 0.2) is 0 Å². The first kappa shape index (κ1) is 19.7. The normalized spacial score (nSPS) is 13.8. The zero-order valence-corrected chi connectivity index (χ0v) is 14.1. The summed E-state index contributed by atoms with van der Waals surface area (Å²) in [5.41, 5.74) is 5.04. The molecule has 124 valence electrons. The van der Waals surface area contributed by atoms with Crippen LogP contribution in [0.4, 0.5) is 4.79 Å². The number of urea groups is 1. The predicted octanol–water partition coefficient (Wildman–Crippen LogP) is 2.79. The lowest BCUT2D eigenvalue weighted by Crippen LogP contribution is -2.41. The van der Waals surface area contributed by atoms with Crippen molar-refractivity contribution in [3.05, 3.63) is 0 Å². The van der Waals surface area contributed by atoms with E-state index >= 15 is 0 Å². The lowest BCUT2D eigenvalue weighted by Gasteiger charge is -2.24. The van der Waals surface area contributed by atoms with Gasteiger partial charge in [-0.3, -0.25) is 4.79 Å². The maximum Gasteiger partial charge on any atom is 0.312 e. The Morgan fingerprint density at radius 3 is 2.14 bits per heavy atom. The molecule has 5 heteroatoms. The largest absolute Gasteiger partial charge is 0.353 e. The van der Waals surface area contributed by atoms with Crippen molar-refractivity contribution in [2.24, 2.45) is 17.6 Å². The minimum Gasteiger partial charge on any atom is -0.353 e. The van der Waals surface area contributed by atoms with Gasteiger partial charge in [-0.25, -0.2) is 4.79 Å². The molecule has 5 nitrogen and oxygen atoms in total. The average molecular weight is 299 g/mol. The molecule has 0 saturated carbocycles. The molecule has 0 aromatic carbocycles. The summed E-state index contributed by atoms with van der Waals surface area (Å²) in [7, 11) is 0. The Hall–Kier alpha value is -1.26. The molecule has 2 atom stereocenters. The Morgan fingerprint density at radius 1 is 1.05 bits per heavy atom. The fourth-order valence-corrected chi connectivity index (χ4v) is 2.58. The van der Waals surface area contributed by atoms with Gasteiger partial charge in [0.15, 0.2) is 0 Å². The van der Waals surface area contributed by atoms with Gasteiger partial charge in [0.2, 0.25) is 5.91 Å². The smallest absolute Gasteiger partial charge is 0.312 e. The van der Waals surface area contributed by atoms with Crippen molar-refractivity contribution in [2.75, 3.05) is 6.54 Å². The monoisotopic (exact) mass is 299 g/mol. The Kier molecular flexibility index (Phi) is 10.7. The zero-order valence-electron chi connectivity index (χ0n) is 14.1. The Morgan fingerprint density at radius 2 is 1.67 bits per heavy atom. The standard InChI is InChI=1S/C16H33N3O2/c1-5-8-13(10-7-11-18-16(17)21)19-15(20)14(9-6-2)12(3)4/h12-14H,5-11H2,1-4H3,(H,19,20)(H3,17,18,21)/t13-,14+/m0/s1. The summed E-state index contributed by atoms with van der Waals surface area (Å²) < 4.78 is 0. The third-order valence-electron chi connectivity index (χ3n) is 3.75. The van der Waals surface area contributed by atoms with Crippen LogP contribution in [-0.4, -0.2) is 24.5 Å². The van der Waals surface area contributed by atoms with Crippen molar-refractivity contribution >= 4 is 11.9 Å². The number of hydrogen-bond donors (Lipinski definition) is 3. The van der Waals surface area contributed by atoms with E-state index in [2.05, 4.69) is 38.3 Å². The molecule has 0 spiro atoms. The molecule has 0 rings (SSSR count). The van der Waals surface area contributed by atoms with Gasteiger partial charge in [0.25, 0.3) is 0 Å². The van der Waals surface area contributed by atoms with Crippen molar-refractivity contribution in [3.63, 3.8) is 0 Å². The maximum atomic E-state index is 12.4. The van der Waals surface area contributed by atoms with Gasteiger partial charge in [0.05, 0.1) is 0 Å². The van der Waals surface area contributed by atoms with E-state index in [0.29, 0.717) is 12.5 Å². The molecule has 3 amide bonds. The maximum absolute atomic E-state index is 12.4. The molecule has 21 heavy (non-hydrogen) atoms. The molecule has 0 bridgehead atoms. The summed E-state index contributed by atoms with van der Waals surface area (Å²) in [6.07, 6.45) is 5.67. The van der Waals surface area contributed by atoms with Crippen molar-refractivity contribution in [2.45, 2.75) is 72.3 Å². The van der Waals surface area contributed by atoms with E-state index in [1.807, 2.05) is 0 Å². The van der Waals surface area contributed by atoms with Gasteiger partial charge < -0.3 is 16.4 Å². The van der Waals surface area contributed by atoms with E-state index < -0.39 is 6.03 Å². The first-order chi connectivity index (χ1) is 9.92. The molecule has 0 radical (unpaired) electrons. The second-order valence-corrected chi connectivity index (χ2v) is 6.07. The second kappa shape index (κ2) is 11.4. The van der Waals surface area contributed by atoms with Crippen LogP contribution in [0.2, 0.25) is 0 Å². The summed E-state index contributed by atoms with van der Waals surface area (Å²) in [5.74, 6) is 0.634. The molecule has 0 aliphatic carbocycles. The van der Waals surface area contributed by atoms with Crippen molar-refractivity contribution in [1.29, 1.82) is 0 Å². The highest BCUT2D eigenvalue weighted by Gasteiger charge is 2.23. The van der Waals surface area contributed by atoms with E-state index in [1.54, 1.807) is 0 Å². The van der Waals surface area contributed by atoms with E-state index in [-0.39, 0.29) is 17.9 Å². The number of nitrogens with two attached hydrogens (primary N) is 1. The Balaban J connectivity index is 4.32. The SMILES string of the molecule is CCC[C@@H](CCCNC(N)=O)NC(=O)[C@H](CCC)C(C)C. The predicted molar refractivity (Wildman–Crippen MR) is 86.9 cm³/mol. The van der Waals surface area contributed by atoms with Gasteiger partial charge in [-0.1, -0.05) is 40.5 Å². The van der Waals surface area contributed by atoms with E-state index in [9.17, 15) is 9.59 Å². The molecule has 0 aliphatic rings. The number of hydrogen-bond acceptors (Lipinski definition) is 2. The van der Waals surface area contributed by atoms with Crippen LogP contribution in [0.25, 0.3) is 0 Å². The lowest BCUT2D eigenvalue weighted by molar-refractivity contribution is -0.127. The quantitative estimate of drug-likeness (QED) is 0.512. The molecule has 0 fully saturated rings. The van der Waals surface area contributed by atoms with E-state index in [1.165, 1.54) is 0 Å². The third kappa shape index (κ3) is 9.32. The molecule has 0 aromatic heterocycles. The third-order valence-corrected chi connectivity index (χ3v) is 3.75. The Bertz CT molecular complexity index is 306. The minimum absolute atomic E-state index is 0.0955. The van der Waals surface area contributed by atoms with Crippen LogP contribution in [0, 0.1) is 11.8 Å². The summed E-state index contributed by atoms with van der Waals surface area (Å²) in [6, 6.07) is -0.302. The van der Waals surface area contributed by atoms with Gasteiger partial charge in [-0.15, -0.1) is 0 Å². The van der Waals surface area contributed by atoms with Gasteiger partial charge in [-0.2, -0.15) is 0 Å². The highest BCUT2D eigenvalue weighted by molar-refractivity contribution is 5.79. The number of nitrogens with one attached hydrogen (secondary N) is 2.